The van der Waals surface area contributed by atoms with Crippen molar-refractivity contribution in [2.24, 2.45) is 5.92 Å². The minimum absolute atomic E-state index is 0.0822. The number of benzene rings is 2. The van der Waals surface area contributed by atoms with Crippen LogP contribution >= 0.6 is 0 Å². The molecule has 3 heteroatoms. The summed E-state index contributed by atoms with van der Waals surface area (Å²) in [5, 5.41) is 2.93. The Balaban J connectivity index is 1.96. The maximum Gasteiger partial charge on any atom is 0.230 e. The van der Waals surface area contributed by atoms with E-state index in [1.165, 1.54) is 5.56 Å². The number of ketones is 1. The zero-order valence-electron chi connectivity index (χ0n) is 14.2. The summed E-state index contributed by atoms with van der Waals surface area (Å²) >= 11 is 0. The molecular formula is C21H25NO2. The average Bonchev–Trinajstić information content (AvgIpc) is 2.63. The Labute approximate surface area is 144 Å². The van der Waals surface area contributed by atoms with E-state index >= 15 is 0 Å². The molecule has 0 saturated carbocycles. The smallest absolute Gasteiger partial charge is 0.230 e. The summed E-state index contributed by atoms with van der Waals surface area (Å²) in [6.07, 6.45) is 3.21. The largest absolute Gasteiger partial charge is 0.355 e. The third-order valence-corrected chi connectivity index (χ3v) is 4.09. The molecule has 0 aliphatic rings. The summed E-state index contributed by atoms with van der Waals surface area (Å²) < 4.78 is 0. The Bertz CT molecular complexity index is 637. The lowest BCUT2D eigenvalue weighted by Crippen LogP contribution is -2.36. The van der Waals surface area contributed by atoms with Gasteiger partial charge in [0.1, 0.15) is 5.92 Å². The molecule has 0 spiro atoms. The van der Waals surface area contributed by atoms with Gasteiger partial charge >= 0.3 is 0 Å². The van der Waals surface area contributed by atoms with E-state index in [1.807, 2.05) is 48.5 Å². The molecule has 2 aromatic rings. The first-order valence-electron chi connectivity index (χ1n) is 8.63. The monoisotopic (exact) mass is 323 g/mol. The first-order chi connectivity index (χ1) is 11.7. The maximum atomic E-state index is 12.7. The van der Waals surface area contributed by atoms with Gasteiger partial charge in [0.25, 0.3) is 0 Å². The molecule has 0 bridgehead atoms. The van der Waals surface area contributed by atoms with E-state index in [4.69, 9.17) is 0 Å². The summed E-state index contributed by atoms with van der Waals surface area (Å²) in [5.74, 6) is -0.836. The van der Waals surface area contributed by atoms with Crippen molar-refractivity contribution in [1.29, 1.82) is 0 Å². The van der Waals surface area contributed by atoms with Gasteiger partial charge in [0, 0.05) is 12.1 Å². The van der Waals surface area contributed by atoms with Gasteiger partial charge in [0.2, 0.25) is 5.91 Å². The lowest BCUT2D eigenvalue weighted by molar-refractivity contribution is -0.123. The highest BCUT2D eigenvalue weighted by Crippen LogP contribution is 2.16. The number of Topliss-reactive ketones (excluding diaryl/α,β-unsaturated/α-hetero) is 1. The molecule has 0 aliphatic carbocycles. The molecule has 0 saturated heterocycles. The number of amides is 1. The molecule has 1 unspecified atom stereocenters. The standard InChI is InChI=1S/C21H25NO2/c1-2-3-14-19(20(23)18-12-8-5-9-13-18)21(24)22-16-15-17-10-6-4-7-11-17/h4-13,19H,2-3,14-16H2,1H3,(H,22,24). The van der Waals surface area contributed by atoms with Gasteiger partial charge < -0.3 is 5.32 Å². The Morgan fingerprint density at radius 3 is 2.21 bits per heavy atom. The molecule has 0 aromatic heterocycles. The summed E-state index contributed by atoms with van der Waals surface area (Å²) in [7, 11) is 0. The first kappa shape index (κ1) is 17.9. The summed E-state index contributed by atoms with van der Waals surface area (Å²) in [4.78, 5) is 25.2. The van der Waals surface area contributed by atoms with Crippen LogP contribution < -0.4 is 5.32 Å². The fourth-order valence-corrected chi connectivity index (χ4v) is 2.69. The van der Waals surface area contributed by atoms with Crippen LogP contribution in [0.5, 0.6) is 0 Å². The molecule has 1 N–H and O–H groups in total. The van der Waals surface area contributed by atoms with Crippen LogP contribution in [0.25, 0.3) is 0 Å². The van der Waals surface area contributed by atoms with Crippen molar-refractivity contribution in [3.8, 4) is 0 Å². The number of hydrogen-bond acceptors (Lipinski definition) is 2. The van der Waals surface area contributed by atoms with Crippen molar-refractivity contribution in [3.05, 3.63) is 71.8 Å². The van der Waals surface area contributed by atoms with Crippen LogP contribution in [0, 0.1) is 5.92 Å². The van der Waals surface area contributed by atoms with Gasteiger partial charge in [-0.25, -0.2) is 0 Å². The fourth-order valence-electron chi connectivity index (χ4n) is 2.69. The molecule has 0 aliphatic heterocycles. The quantitative estimate of drug-likeness (QED) is 0.559. The van der Waals surface area contributed by atoms with Gasteiger partial charge in [0.15, 0.2) is 5.78 Å². The molecule has 2 rings (SSSR count). The molecule has 1 amide bonds. The molecule has 126 valence electrons. The molecule has 24 heavy (non-hydrogen) atoms. The SMILES string of the molecule is CCCCC(C(=O)NCCc1ccccc1)C(=O)c1ccccc1. The lowest BCUT2D eigenvalue weighted by atomic mass is 9.92. The van der Waals surface area contributed by atoms with Gasteiger partial charge in [-0.15, -0.1) is 0 Å². The summed E-state index contributed by atoms with van der Waals surface area (Å²) in [6, 6.07) is 19.1. The zero-order valence-corrected chi connectivity index (χ0v) is 14.2. The van der Waals surface area contributed by atoms with Crippen LogP contribution in [0.3, 0.4) is 0 Å². The van der Waals surface area contributed by atoms with Crippen LogP contribution in [0.4, 0.5) is 0 Å². The molecule has 3 nitrogen and oxygen atoms in total. The van der Waals surface area contributed by atoms with Gasteiger partial charge in [-0.1, -0.05) is 80.4 Å². The van der Waals surface area contributed by atoms with Gasteiger partial charge in [-0.05, 0) is 18.4 Å². The van der Waals surface area contributed by atoms with Crippen molar-refractivity contribution in [3.63, 3.8) is 0 Å². The van der Waals surface area contributed by atoms with E-state index in [9.17, 15) is 9.59 Å². The lowest BCUT2D eigenvalue weighted by Gasteiger charge is -2.16. The van der Waals surface area contributed by atoms with Crippen molar-refractivity contribution in [2.45, 2.75) is 32.6 Å². The predicted molar refractivity (Wildman–Crippen MR) is 96.9 cm³/mol. The Kier molecular flexibility index (Phi) is 7.21. The number of carbonyl (C=O) groups is 2. The predicted octanol–water partition coefficient (Wildman–Crippen LogP) is 4.03. The second-order valence-corrected chi connectivity index (χ2v) is 5.95. The Hall–Kier alpha value is -2.42. The Morgan fingerprint density at radius 2 is 1.58 bits per heavy atom. The minimum Gasteiger partial charge on any atom is -0.355 e. The molecule has 1 atom stereocenters. The van der Waals surface area contributed by atoms with E-state index in [1.54, 1.807) is 12.1 Å². The van der Waals surface area contributed by atoms with E-state index < -0.39 is 5.92 Å². The van der Waals surface area contributed by atoms with Crippen molar-refractivity contribution in [1.82, 2.24) is 5.32 Å². The van der Waals surface area contributed by atoms with Gasteiger partial charge in [-0.3, -0.25) is 9.59 Å². The van der Waals surface area contributed by atoms with E-state index in [-0.39, 0.29) is 11.7 Å². The second-order valence-electron chi connectivity index (χ2n) is 5.95. The average molecular weight is 323 g/mol. The molecule has 2 aromatic carbocycles. The number of hydrogen-bond donors (Lipinski definition) is 1. The highest BCUT2D eigenvalue weighted by Gasteiger charge is 2.26. The van der Waals surface area contributed by atoms with Gasteiger partial charge in [0.05, 0.1) is 0 Å². The number of carbonyl (C=O) groups excluding carboxylic acids is 2. The maximum absolute atomic E-state index is 12.7. The topological polar surface area (TPSA) is 46.2 Å². The second kappa shape index (κ2) is 9.66. The van der Waals surface area contributed by atoms with Crippen LogP contribution in [0.1, 0.15) is 42.1 Å². The van der Waals surface area contributed by atoms with Gasteiger partial charge in [-0.2, -0.15) is 0 Å². The molecule has 0 radical (unpaired) electrons. The van der Waals surface area contributed by atoms with Crippen molar-refractivity contribution in [2.75, 3.05) is 6.54 Å². The number of unbranched alkanes of at least 4 members (excludes halogenated alkanes) is 1. The summed E-state index contributed by atoms with van der Waals surface area (Å²) in [6.45, 7) is 2.62. The first-order valence-corrected chi connectivity index (χ1v) is 8.63. The van der Waals surface area contributed by atoms with E-state index in [2.05, 4.69) is 12.2 Å². The van der Waals surface area contributed by atoms with E-state index in [0.717, 1.165) is 19.3 Å². The molecule has 0 fully saturated rings. The Morgan fingerprint density at radius 1 is 0.958 bits per heavy atom. The zero-order chi connectivity index (χ0) is 17.2. The number of rotatable bonds is 9. The third kappa shape index (κ3) is 5.34. The normalized spacial score (nSPS) is 11.7. The molecular weight excluding hydrogens is 298 g/mol. The van der Waals surface area contributed by atoms with Crippen LogP contribution in [-0.2, 0) is 11.2 Å². The van der Waals surface area contributed by atoms with Crippen molar-refractivity contribution >= 4 is 11.7 Å². The summed E-state index contributed by atoms with van der Waals surface area (Å²) in [5.41, 5.74) is 1.79. The van der Waals surface area contributed by atoms with E-state index in [0.29, 0.717) is 18.5 Å². The van der Waals surface area contributed by atoms with Crippen LogP contribution in [0.15, 0.2) is 60.7 Å². The molecule has 0 heterocycles. The highest BCUT2D eigenvalue weighted by atomic mass is 16.2. The van der Waals surface area contributed by atoms with Crippen LogP contribution in [0.2, 0.25) is 0 Å². The highest BCUT2D eigenvalue weighted by molar-refractivity contribution is 6.10. The number of nitrogens with one attached hydrogen (secondary N) is 1. The fraction of sp³-hybridized carbons (Fsp3) is 0.333. The third-order valence-electron chi connectivity index (χ3n) is 4.09. The van der Waals surface area contributed by atoms with Crippen LogP contribution in [-0.4, -0.2) is 18.2 Å². The van der Waals surface area contributed by atoms with Crippen molar-refractivity contribution < 1.29 is 9.59 Å². The minimum atomic E-state index is -0.594.